The van der Waals surface area contributed by atoms with Crippen LogP contribution in [0.1, 0.15) is 38.9 Å². The van der Waals surface area contributed by atoms with E-state index in [1.54, 1.807) is 38.5 Å². The number of para-hydroxylation sites is 2. The second-order valence-corrected chi connectivity index (χ2v) is 8.46. The maximum absolute atomic E-state index is 11.4. The van der Waals surface area contributed by atoms with E-state index in [9.17, 15) is 10.2 Å². The van der Waals surface area contributed by atoms with Gasteiger partial charge in [-0.05, 0) is 24.3 Å². The molecule has 9 nitrogen and oxygen atoms in total. The molecule has 4 rings (SSSR count). The number of aliphatic hydroxyl groups excluding tert-OH is 1. The Labute approximate surface area is 232 Å². The lowest BCUT2D eigenvalue weighted by Gasteiger charge is -2.19. The summed E-state index contributed by atoms with van der Waals surface area (Å²) >= 11 is 0. The van der Waals surface area contributed by atoms with Gasteiger partial charge in [0.1, 0.15) is 17.3 Å². The van der Waals surface area contributed by atoms with Crippen LogP contribution in [0, 0.1) is 23.7 Å². The summed E-state index contributed by atoms with van der Waals surface area (Å²) in [6.07, 6.45) is 1.62. The number of phenolic OH excluding ortho intramolecular Hbond substituents is 1. The quantitative estimate of drug-likeness (QED) is 0.273. The smallest absolute Gasteiger partial charge is 0.221 e. The van der Waals surface area contributed by atoms with Gasteiger partial charge in [0.25, 0.3) is 0 Å². The third-order valence-corrected chi connectivity index (χ3v) is 6.15. The van der Waals surface area contributed by atoms with Gasteiger partial charge < -0.3 is 35.9 Å². The highest BCUT2D eigenvalue weighted by Crippen LogP contribution is 2.41. The number of ether oxygens (including phenoxy) is 3. The molecule has 1 aromatic heterocycles. The van der Waals surface area contributed by atoms with Crippen LogP contribution >= 0.6 is 0 Å². The number of aromatic nitrogens is 2. The molecule has 3 aromatic carbocycles. The molecule has 40 heavy (non-hydrogen) atoms. The lowest BCUT2D eigenvalue weighted by molar-refractivity contribution is 0.278. The Bertz CT molecular complexity index is 1680. The van der Waals surface area contributed by atoms with Gasteiger partial charge in [0, 0.05) is 29.3 Å². The van der Waals surface area contributed by atoms with Crippen LogP contribution in [0.25, 0.3) is 0 Å². The predicted molar refractivity (Wildman–Crippen MR) is 152 cm³/mol. The Kier molecular flexibility index (Phi) is 8.60. The zero-order valence-corrected chi connectivity index (χ0v) is 22.3. The third kappa shape index (κ3) is 5.70. The summed E-state index contributed by atoms with van der Waals surface area (Å²) in [6, 6.07) is 14.5. The molecule has 0 atom stereocenters. The zero-order chi connectivity index (χ0) is 28.6. The van der Waals surface area contributed by atoms with Crippen LogP contribution in [0.3, 0.4) is 0 Å². The fourth-order valence-corrected chi connectivity index (χ4v) is 4.17. The number of hydrogen-bond donors (Lipinski definition) is 4. The van der Waals surface area contributed by atoms with Gasteiger partial charge in [0.15, 0.2) is 11.5 Å². The number of rotatable bonds is 6. The minimum Gasteiger partial charge on any atom is -0.503 e. The molecular weight excluding hydrogens is 508 g/mol. The molecular formula is C31H28N4O5. The number of nitrogens with zero attached hydrogens (tertiary/aromatic N) is 2. The van der Waals surface area contributed by atoms with Gasteiger partial charge in [-0.15, -0.1) is 0 Å². The van der Waals surface area contributed by atoms with Crippen LogP contribution in [0.2, 0.25) is 0 Å². The Morgan fingerprint density at radius 2 is 1.35 bits per heavy atom. The Balaban J connectivity index is 2.01. The van der Waals surface area contributed by atoms with Crippen molar-refractivity contribution in [3.8, 4) is 46.7 Å². The average Bonchev–Trinajstić information content (AvgIpc) is 2.97. The monoisotopic (exact) mass is 536 g/mol. The van der Waals surface area contributed by atoms with Crippen molar-refractivity contribution in [1.82, 2.24) is 9.97 Å². The Morgan fingerprint density at radius 3 is 1.88 bits per heavy atom. The minimum atomic E-state index is -0.430. The molecule has 6 N–H and O–H groups in total. The van der Waals surface area contributed by atoms with Gasteiger partial charge in [-0.3, -0.25) is 0 Å². The molecule has 1 heterocycles. The molecule has 0 amide bonds. The zero-order valence-electron chi connectivity index (χ0n) is 22.3. The molecule has 0 aliphatic rings. The first-order valence-electron chi connectivity index (χ1n) is 12.1. The van der Waals surface area contributed by atoms with E-state index in [-0.39, 0.29) is 35.2 Å². The first-order chi connectivity index (χ1) is 19.4. The number of hydrogen-bond acceptors (Lipinski definition) is 9. The molecule has 0 unspecified atom stereocenters. The summed E-state index contributed by atoms with van der Waals surface area (Å²) in [6.45, 7) is -0.430. The third-order valence-electron chi connectivity index (χ3n) is 6.15. The molecule has 0 spiro atoms. The van der Waals surface area contributed by atoms with E-state index in [4.69, 9.17) is 25.7 Å². The Morgan fingerprint density at radius 1 is 0.775 bits per heavy atom. The minimum absolute atomic E-state index is 0.0313. The van der Waals surface area contributed by atoms with Crippen molar-refractivity contribution in [3.63, 3.8) is 0 Å². The molecule has 0 aliphatic carbocycles. The molecule has 202 valence electrons. The van der Waals surface area contributed by atoms with Gasteiger partial charge in [0.05, 0.1) is 50.2 Å². The highest BCUT2D eigenvalue weighted by Gasteiger charge is 2.24. The van der Waals surface area contributed by atoms with E-state index >= 15 is 0 Å². The summed E-state index contributed by atoms with van der Waals surface area (Å²) in [5, 5.41) is 22.1. The standard InChI is InChI=1S/C31H28N4O5/c1-38-26-10-6-4-8-19(26)12-14-22-23(15-13-20-9-5-7-11-27(20)39-2)28(37)29(40-3)24(25(22)18-36)16-21-17-34-31(33)35-30(21)32/h4-11,17,36-37H,16,18H2,1-3H3,(H4,32,33,34,35). The molecule has 0 aliphatic heterocycles. The van der Waals surface area contributed by atoms with Gasteiger partial charge in [0.2, 0.25) is 5.95 Å². The van der Waals surface area contributed by atoms with E-state index in [2.05, 4.69) is 33.6 Å². The summed E-state index contributed by atoms with van der Waals surface area (Å²) in [5.74, 6) is 13.5. The van der Waals surface area contributed by atoms with Gasteiger partial charge in [-0.1, -0.05) is 47.9 Å². The number of nitrogen functional groups attached to an aromatic ring is 2. The second kappa shape index (κ2) is 12.4. The highest BCUT2D eigenvalue weighted by molar-refractivity contribution is 5.71. The van der Waals surface area contributed by atoms with Crippen LogP contribution in [-0.4, -0.2) is 41.5 Å². The lowest BCUT2D eigenvalue weighted by Crippen LogP contribution is -2.09. The largest absolute Gasteiger partial charge is 0.503 e. The molecule has 0 radical (unpaired) electrons. The molecule has 0 saturated carbocycles. The maximum atomic E-state index is 11.4. The van der Waals surface area contributed by atoms with Crippen molar-refractivity contribution in [3.05, 3.63) is 93.7 Å². The van der Waals surface area contributed by atoms with Crippen LogP contribution in [-0.2, 0) is 13.0 Å². The van der Waals surface area contributed by atoms with Crippen molar-refractivity contribution in [2.24, 2.45) is 0 Å². The van der Waals surface area contributed by atoms with E-state index in [0.29, 0.717) is 44.9 Å². The van der Waals surface area contributed by atoms with E-state index in [1.807, 2.05) is 24.3 Å². The number of aromatic hydroxyl groups is 1. The first kappa shape index (κ1) is 27.6. The maximum Gasteiger partial charge on any atom is 0.221 e. The van der Waals surface area contributed by atoms with Crippen molar-refractivity contribution >= 4 is 11.8 Å². The van der Waals surface area contributed by atoms with E-state index in [1.165, 1.54) is 13.3 Å². The first-order valence-corrected chi connectivity index (χ1v) is 12.1. The molecule has 9 heteroatoms. The molecule has 4 aromatic rings. The predicted octanol–water partition coefficient (Wildman–Crippen LogP) is 3.26. The van der Waals surface area contributed by atoms with Gasteiger partial charge in [-0.2, -0.15) is 4.98 Å². The number of aliphatic hydroxyl groups is 1. The summed E-state index contributed by atoms with van der Waals surface area (Å²) in [7, 11) is 4.52. The van der Waals surface area contributed by atoms with Gasteiger partial charge >= 0.3 is 0 Å². The fraction of sp³-hybridized carbons (Fsp3) is 0.161. The van der Waals surface area contributed by atoms with Crippen LogP contribution in [0.15, 0.2) is 54.7 Å². The molecule has 0 saturated heterocycles. The van der Waals surface area contributed by atoms with E-state index < -0.39 is 6.61 Å². The average molecular weight is 537 g/mol. The van der Waals surface area contributed by atoms with Crippen molar-refractivity contribution in [2.75, 3.05) is 32.8 Å². The Hall–Kier alpha value is -5.38. The topological polar surface area (TPSA) is 146 Å². The summed E-state index contributed by atoms with van der Waals surface area (Å²) < 4.78 is 16.5. The molecule has 0 bridgehead atoms. The summed E-state index contributed by atoms with van der Waals surface area (Å²) in [4.78, 5) is 8.05. The number of phenols is 1. The number of nitrogens with two attached hydrogens (primary N) is 2. The van der Waals surface area contributed by atoms with Crippen molar-refractivity contribution < 1.29 is 24.4 Å². The number of methoxy groups -OCH3 is 3. The number of anilines is 2. The van der Waals surface area contributed by atoms with E-state index in [0.717, 1.165) is 0 Å². The van der Waals surface area contributed by atoms with Crippen LogP contribution < -0.4 is 25.7 Å². The van der Waals surface area contributed by atoms with Crippen LogP contribution in [0.4, 0.5) is 11.8 Å². The van der Waals surface area contributed by atoms with Crippen LogP contribution in [0.5, 0.6) is 23.0 Å². The SMILES string of the molecule is COc1ccccc1C#Cc1c(O)c(OC)c(Cc2cnc(N)nc2N)c(CO)c1C#Cc1ccccc1OC. The lowest BCUT2D eigenvalue weighted by atomic mass is 9.90. The van der Waals surface area contributed by atoms with Gasteiger partial charge in [-0.25, -0.2) is 4.98 Å². The highest BCUT2D eigenvalue weighted by atomic mass is 16.5. The molecule has 0 fully saturated rings. The fourth-order valence-electron chi connectivity index (χ4n) is 4.17. The van der Waals surface area contributed by atoms with Crippen molar-refractivity contribution in [1.29, 1.82) is 0 Å². The van der Waals surface area contributed by atoms with Crippen molar-refractivity contribution in [2.45, 2.75) is 13.0 Å². The normalized spacial score (nSPS) is 10.1. The number of benzene rings is 3. The summed E-state index contributed by atoms with van der Waals surface area (Å²) in [5.41, 5.74) is 14.9. The second-order valence-electron chi connectivity index (χ2n) is 8.46.